The van der Waals surface area contributed by atoms with Gasteiger partial charge in [-0.1, -0.05) is 0 Å². The third kappa shape index (κ3) is 3.89. The van der Waals surface area contributed by atoms with Crippen molar-refractivity contribution >= 4 is 23.0 Å². The van der Waals surface area contributed by atoms with Crippen LogP contribution in [0.1, 0.15) is 34.4 Å². The van der Waals surface area contributed by atoms with Gasteiger partial charge in [0.25, 0.3) is 0 Å². The summed E-state index contributed by atoms with van der Waals surface area (Å²) in [6.07, 6.45) is 0. The second-order valence-corrected chi connectivity index (χ2v) is 6.02. The number of nitrogens with one attached hydrogen (secondary N) is 2. The van der Waals surface area contributed by atoms with Crippen molar-refractivity contribution in [2.75, 3.05) is 24.8 Å². The van der Waals surface area contributed by atoms with Gasteiger partial charge in [-0.05, 0) is 20.8 Å². The largest absolute Gasteiger partial charge is 0.377 e. The van der Waals surface area contributed by atoms with Crippen LogP contribution in [0, 0.1) is 13.8 Å². The van der Waals surface area contributed by atoms with Crippen molar-refractivity contribution in [2.45, 2.75) is 33.4 Å². The Kier molecular flexibility index (Phi) is 5.08. The maximum atomic E-state index is 5.11. The minimum Gasteiger partial charge on any atom is -0.377 e. The molecule has 2 N–H and O–H groups in total. The Morgan fingerprint density at radius 2 is 1.95 bits per heavy atom. The summed E-state index contributed by atoms with van der Waals surface area (Å²) < 4.78 is 5.11. The summed E-state index contributed by atoms with van der Waals surface area (Å²) in [6, 6.07) is 2.03. The number of methoxy groups -OCH3 is 1. The highest BCUT2D eigenvalue weighted by Gasteiger charge is 2.14. The van der Waals surface area contributed by atoms with E-state index in [-0.39, 0.29) is 6.04 Å². The zero-order valence-electron chi connectivity index (χ0n) is 13.0. The van der Waals surface area contributed by atoms with Gasteiger partial charge in [0.2, 0.25) is 0 Å². The molecule has 2 aromatic heterocycles. The lowest BCUT2D eigenvalue weighted by Crippen LogP contribution is -2.10. The quantitative estimate of drug-likeness (QED) is 0.855. The molecule has 1 unspecified atom stereocenters. The number of rotatable bonds is 6. The molecule has 0 saturated carbocycles. The van der Waals surface area contributed by atoms with Crippen molar-refractivity contribution in [3.8, 4) is 0 Å². The number of thiazole rings is 1. The van der Waals surface area contributed by atoms with Gasteiger partial charge in [-0.2, -0.15) is 0 Å². The average Bonchev–Trinajstić information content (AvgIpc) is 2.78. The summed E-state index contributed by atoms with van der Waals surface area (Å²) in [5.41, 5.74) is 1.07. The zero-order chi connectivity index (χ0) is 15.4. The van der Waals surface area contributed by atoms with Crippen molar-refractivity contribution < 1.29 is 4.74 Å². The van der Waals surface area contributed by atoms with E-state index in [4.69, 9.17) is 4.74 Å². The van der Waals surface area contributed by atoms with E-state index in [1.54, 1.807) is 18.4 Å². The molecule has 2 rings (SSSR count). The summed E-state index contributed by atoms with van der Waals surface area (Å²) >= 11 is 1.71. The number of ether oxygens (including phenoxy) is 1. The van der Waals surface area contributed by atoms with E-state index in [1.165, 1.54) is 4.88 Å². The fourth-order valence-corrected chi connectivity index (χ4v) is 3.06. The fraction of sp³-hybridized carbons (Fsp3) is 0.500. The number of nitrogens with zero attached hydrogens (tertiary/aromatic N) is 3. The monoisotopic (exact) mass is 307 g/mol. The lowest BCUT2D eigenvalue weighted by atomic mass is 10.2. The van der Waals surface area contributed by atoms with Crippen LogP contribution in [0.15, 0.2) is 6.07 Å². The summed E-state index contributed by atoms with van der Waals surface area (Å²) in [5.74, 6) is 2.19. The molecule has 0 aliphatic carbocycles. The van der Waals surface area contributed by atoms with Crippen molar-refractivity contribution in [2.24, 2.45) is 0 Å². The Hall–Kier alpha value is -1.73. The molecular weight excluding hydrogens is 286 g/mol. The van der Waals surface area contributed by atoms with E-state index in [1.807, 2.05) is 27.0 Å². The maximum absolute atomic E-state index is 5.11. The van der Waals surface area contributed by atoms with E-state index in [0.29, 0.717) is 12.4 Å². The highest BCUT2D eigenvalue weighted by atomic mass is 32.1. The molecule has 0 aliphatic rings. The van der Waals surface area contributed by atoms with Gasteiger partial charge in [0.1, 0.15) is 18.2 Å². The Morgan fingerprint density at radius 1 is 1.24 bits per heavy atom. The van der Waals surface area contributed by atoms with E-state index in [9.17, 15) is 0 Å². The Balaban J connectivity index is 2.21. The van der Waals surface area contributed by atoms with Crippen LogP contribution in [-0.4, -0.2) is 29.1 Å². The average molecular weight is 307 g/mol. The van der Waals surface area contributed by atoms with Gasteiger partial charge < -0.3 is 15.4 Å². The van der Waals surface area contributed by atoms with Gasteiger partial charge >= 0.3 is 0 Å². The van der Waals surface area contributed by atoms with Gasteiger partial charge in [-0.25, -0.2) is 15.0 Å². The standard InChI is InChI=1S/C14H21N5OS/c1-8-14(21-10(3)16-8)9(2)17-12-6-11(15-4)18-13(19-12)7-20-5/h6,9H,7H2,1-5H3,(H2,15,17,18,19). The van der Waals surface area contributed by atoms with Crippen molar-refractivity contribution in [3.63, 3.8) is 0 Å². The van der Waals surface area contributed by atoms with Crippen molar-refractivity contribution in [3.05, 3.63) is 27.5 Å². The van der Waals surface area contributed by atoms with Crippen molar-refractivity contribution in [1.29, 1.82) is 0 Å². The van der Waals surface area contributed by atoms with E-state index in [0.717, 1.165) is 22.3 Å². The first-order valence-electron chi connectivity index (χ1n) is 6.78. The summed E-state index contributed by atoms with van der Waals surface area (Å²) in [4.78, 5) is 14.5. The first kappa shape index (κ1) is 15.7. The first-order valence-corrected chi connectivity index (χ1v) is 7.60. The van der Waals surface area contributed by atoms with Gasteiger partial charge in [0, 0.05) is 25.1 Å². The number of hydrogen-bond donors (Lipinski definition) is 2. The maximum Gasteiger partial charge on any atom is 0.158 e. The number of hydrogen-bond acceptors (Lipinski definition) is 7. The molecule has 6 nitrogen and oxygen atoms in total. The Bertz CT molecular complexity index is 613. The molecule has 114 valence electrons. The minimum atomic E-state index is 0.145. The third-order valence-electron chi connectivity index (χ3n) is 3.00. The highest BCUT2D eigenvalue weighted by Crippen LogP contribution is 2.27. The molecule has 1 atom stereocenters. The summed E-state index contributed by atoms with van der Waals surface area (Å²) in [6.45, 7) is 6.55. The van der Waals surface area contributed by atoms with Crippen LogP contribution in [0.3, 0.4) is 0 Å². The van der Waals surface area contributed by atoms with Crippen LogP contribution in [0.5, 0.6) is 0 Å². The molecule has 2 heterocycles. The molecule has 21 heavy (non-hydrogen) atoms. The molecule has 0 aromatic carbocycles. The smallest absolute Gasteiger partial charge is 0.158 e. The molecule has 0 bridgehead atoms. The first-order chi connectivity index (χ1) is 10.0. The van der Waals surface area contributed by atoms with Crippen molar-refractivity contribution in [1.82, 2.24) is 15.0 Å². The van der Waals surface area contributed by atoms with E-state index >= 15 is 0 Å². The minimum absolute atomic E-state index is 0.145. The second kappa shape index (κ2) is 6.82. The predicted molar refractivity (Wildman–Crippen MR) is 85.9 cm³/mol. The normalized spacial score (nSPS) is 12.2. The van der Waals surface area contributed by atoms with Crippen LogP contribution >= 0.6 is 11.3 Å². The molecule has 0 radical (unpaired) electrons. The second-order valence-electron chi connectivity index (χ2n) is 4.79. The number of aromatic nitrogens is 3. The van der Waals surface area contributed by atoms with Crippen LogP contribution in [0.25, 0.3) is 0 Å². The van der Waals surface area contributed by atoms with Gasteiger partial charge in [0.15, 0.2) is 5.82 Å². The van der Waals surface area contributed by atoms with Crippen LogP contribution in [-0.2, 0) is 11.3 Å². The SMILES string of the molecule is CNc1cc(NC(C)c2sc(C)nc2C)nc(COC)n1. The summed E-state index contributed by atoms with van der Waals surface area (Å²) in [7, 11) is 3.47. The van der Waals surface area contributed by atoms with Crippen LogP contribution in [0.2, 0.25) is 0 Å². The number of anilines is 2. The molecule has 0 spiro atoms. The van der Waals surface area contributed by atoms with Gasteiger partial charge in [-0.15, -0.1) is 11.3 Å². The highest BCUT2D eigenvalue weighted by molar-refractivity contribution is 7.11. The molecule has 0 amide bonds. The topological polar surface area (TPSA) is 72.0 Å². The third-order valence-corrected chi connectivity index (χ3v) is 4.25. The van der Waals surface area contributed by atoms with Gasteiger partial charge in [0.05, 0.1) is 16.7 Å². The van der Waals surface area contributed by atoms with Crippen LogP contribution < -0.4 is 10.6 Å². The fourth-order valence-electron chi connectivity index (χ4n) is 2.13. The molecule has 2 aromatic rings. The Morgan fingerprint density at radius 3 is 2.52 bits per heavy atom. The lowest BCUT2D eigenvalue weighted by molar-refractivity contribution is 0.178. The molecular formula is C14H21N5OS. The molecule has 0 aliphatic heterocycles. The molecule has 0 saturated heterocycles. The lowest BCUT2D eigenvalue weighted by Gasteiger charge is -2.15. The molecule has 0 fully saturated rings. The summed E-state index contributed by atoms with van der Waals surface area (Å²) in [5, 5.41) is 7.53. The van der Waals surface area contributed by atoms with Crippen LogP contribution in [0.4, 0.5) is 11.6 Å². The molecule has 7 heteroatoms. The van der Waals surface area contributed by atoms with Gasteiger partial charge in [-0.3, -0.25) is 0 Å². The predicted octanol–water partition coefficient (Wildman–Crippen LogP) is 2.91. The van der Waals surface area contributed by atoms with E-state index in [2.05, 4.69) is 32.5 Å². The van der Waals surface area contributed by atoms with E-state index < -0.39 is 0 Å². The number of aryl methyl sites for hydroxylation is 2. The zero-order valence-corrected chi connectivity index (χ0v) is 13.8. The Labute approximate surface area is 129 Å².